The molecule has 0 unspecified atom stereocenters. The van der Waals surface area contributed by atoms with Gasteiger partial charge in [0.05, 0.1) is 25.2 Å². The van der Waals surface area contributed by atoms with E-state index in [1.165, 1.54) is 4.31 Å². The third kappa shape index (κ3) is 5.69. The van der Waals surface area contributed by atoms with Gasteiger partial charge in [-0.3, -0.25) is 4.79 Å². The third-order valence-electron chi connectivity index (χ3n) is 5.56. The molecule has 0 saturated carbocycles. The van der Waals surface area contributed by atoms with Crippen LogP contribution in [0.1, 0.15) is 24.8 Å². The Hall–Kier alpha value is -1.68. The van der Waals surface area contributed by atoms with Crippen LogP contribution < -0.4 is 10.1 Å². The van der Waals surface area contributed by atoms with Crippen molar-refractivity contribution in [2.75, 3.05) is 53.6 Å². The Morgan fingerprint density at radius 3 is 2.55 bits per heavy atom. The molecule has 0 spiro atoms. The van der Waals surface area contributed by atoms with E-state index in [-0.39, 0.29) is 16.8 Å². The summed E-state index contributed by atoms with van der Waals surface area (Å²) in [5.74, 6) is 0.584. The first-order chi connectivity index (χ1) is 13.9. The second-order valence-electron chi connectivity index (χ2n) is 7.64. The Morgan fingerprint density at radius 2 is 1.90 bits per heavy atom. The summed E-state index contributed by atoms with van der Waals surface area (Å²) in [6, 6.07) is 5.07. The molecule has 162 valence electrons. The normalized spacial score (nSPS) is 19.8. The van der Waals surface area contributed by atoms with E-state index < -0.39 is 10.0 Å². The lowest BCUT2D eigenvalue weighted by Gasteiger charge is -2.29. The number of likely N-dealkylation sites (tertiary alicyclic amines) is 1. The second-order valence-corrected chi connectivity index (χ2v) is 9.57. The van der Waals surface area contributed by atoms with Crippen LogP contribution in [-0.2, 0) is 26.0 Å². The predicted octanol–water partition coefficient (Wildman–Crippen LogP) is 0.859. The van der Waals surface area contributed by atoms with Gasteiger partial charge in [0.2, 0.25) is 15.9 Å². The number of hydrogen-bond donors (Lipinski definition) is 1. The molecule has 9 heteroatoms. The van der Waals surface area contributed by atoms with Crippen molar-refractivity contribution < 1.29 is 22.7 Å². The van der Waals surface area contributed by atoms with Gasteiger partial charge in [-0.05, 0) is 63.2 Å². The number of carbonyl (C=O) groups is 1. The van der Waals surface area contributed by atoms with Crippen molar-refractivity contribution in [1.82, 2.24) is 14.5 Å². The van der Waals surface area contributed by atoms with Gasteiger partial charge in [0, 0.05) is 25.6 Å². The van der Waals surface area contributed by atoms with Crippen molar-refractivity contribution in [3.63, 3.8) is 0 Å². The van der Waals surface area contributed by atoms with E-state index in [4.69, 9.17) is 9.47 Å². The number of amides is 1. The fourth-order valence-electron chi connectivity index (χ4n) is 3.75. The Bertz CT molecular complexity index is 800. The number of sulfonamides is 1. The summed E-state index contributed by atoms with van der Waals surface area (Å²) in [7, 11) is 0.0513. The number of carbonyl (C=O) groups excluding carboxylic acids is 1. The number of morpholine rings is 1. The van der Waals surface area contributed by atoms with E-state index in [2.05, 4.69) is 17.3 Å². The molecule has 1 amide bonds. The van der Waals surface area contributed by atoms with Crippen LogP contribution in [0.3, 0.4) is 0 Å². The molecule has 29 heavy (non-hydrogen) atoms. The molecular weight excluding hydrogens is 394 g/mol. The van der Waals surface area contributed by atoms with Crippen LogP contribution in [0.15, 0.2) is 23.1 Å². The highest BCUT2D eigenvalue weighted by atomic mass is 32.2. The minimum absolute atomic E-state index is 0.0111. The zero-order chi connectivity index (χ0) is 20.9. The average Bonchev–Trinajstić information content (AvgIpc) is 2.74. The molecular formula is C20H31N3O5S. The first kappa shape index (κ1) is 22.0. The largest absolute Gasteiger partial charge is 0.496 e. The fraction of sp³-hybridized carbons (Fsp3) is 0.650. The van der Waals surface area contributed by atoms with Crippen molar-refractivity contribution in [2.24, 2.45) is 0 Å². The minimum atomic E-state index is -3.58. The van der Waals surface area contributed by atoms with Gasteiger partial charge in [-0.2, -0.15) is 4.31 Å². The summed E-state index contributed by atoms with van der Waals surface area (Å²) in [6.07, 6.45) is 2.63. The molecule has 8 nitrogen and oxygen atoms in total. The van der Waals surface area contributed by atoms with Gasteiger partial charge >= 0.3 is 0 Å². The lowest BCUT2D eigenvalue weighted by Crippen LogP contribution is -2.43. The summed E-state index contributed by atoms with van der Waals surface area (Å²) in [5, 5.41) is 3.10. The zero-order valence-corrected chi connectivity index (χ0v) is 18.0. The van der Waals surface area contributed by atoms with Crippen molar-refractivity contribution in [1.29, 1.82) is 0 Å². The van der Waals surface area contributed by atoms with Crippen LogP contribution in [0.5, 0.6) is 5.75 Å². The quantitative estimate of drug-likeness (QED) is 0.697. The second kappa shape index (κ2) is 9.88. The maximum atomic E-state index is 12.9. The molecule has 2 fully saturated rings. The standard InChI is InChI=1S/C20H31N3O5S/c1-22-9-7-17(8-10-22)21-20(24)6-3-16-15-18(4-5-19(16)27-2)29(25,26)23-11-13-28-14-12-23/h4-5,15,17H,3,6-14H2,1-2H3,(H,21,24). The number of ether oxygens (including phenoxy) is 2. The highest BCUT2D eigenvalue weighted by Crippen LogP contribution is 2.26. The molecule has 0 radical (unpaired) electrons. The molecule has 0 aliphatic carbocycles. The van der Waals surface area contributed by atoms with Crippen LogP contribution in [0.4, 0.5) is 0 Å². The molecule has 2 aliphatic heterocycles. The zero-order valence-electron chi connectivity index (χ0n) is 17.2. The summed E-state index contributed by atoms with van der Waals surface area (Å²) in [4.78, 5) is 14.9. The van der Waals surface area contributed by atoms with Gasteiger partial charge in [0.1, 0.15) is 5.75 Å². The Morgan fingerprint density at radius 1 is 1.21 bits per heavy atom. The number of aryl methyl sites for hydroxylation is 1. The molecule has 0 atom stereocenters. The maximum absolute atomic E-state index is 12.9. The van der Waals surface area contributed by atoms with E-state index in [1.807, 2.05) is 0 Å². The molecule has 3 rings (SSSR count). The molecule has 2 saturated heterocycles. The summed E-state index contributed by atoms with van der Waals surface area (Å²) >= 11 is 0. The predicted molar refractivity (Wildman–Crippen MR) is 110 cm³/mol. The highest BCUT2D eigenvalue weighted by Gasteiger charge is 2.27. The maximum Gasteiger partial charge on any atom is 0.243 e. The van der Waals surface area contributed by atoms with Gasteiger partial charge in [0.15, 0.2) is 0 Å². The molecule has 1 aromatic rings. The molecule has 0 bridgehead atoms. The van der Waals surface area contributed by atoms with Crippen LogP contribution in [0.25, 0.3) is 0 Å². The molecule has 1 N–H and O–H groups in total. The van der Waals surface area contributed by atoms with Gasteiger partial charge in [-0.15, -0.1) is 0 Å². The first-order valence-corrected chi connectivity index (χ1v) is 11.6. The van der Waals surface area contributed by atoms with E-state index in [1.54, 1.807) is 25.3 Å². The molecule has 2 aliphatic rings. The van der Waals surface area contributed by atoms with Gasteiger partial charge in [-0.25, -0.2) is 8.42 Å². The lowest BCUT2D eigenvalue weighted by atomic mass is 10.0. The van der Waals surface area contributed by atoms with Crippen LogP contribution in [0, 0.1) is 0 Å². The van der Waals surface area contributed by atoms with Gasteiger partial charge < -0.3 is 19.7 Å². The topological polar surface area (TPSA) is 88.2 Å². The summed E-state index contributed by atoms with van der Waals surface area (Å²) in [6.45, 7) is 3.48. The minimum Gasteiger partial charge on any atom is -0.496 e. The van der Waals surface area contributed by atoms with Crippen LogP contribution >= 0.6 is 0 Å². The van der Waals surface area contributed by atoms with Gasteiger partial charge in [-0.1, -0.05) is 0 Å². The number of methoxy groups -OCH3 is 1. The van der Waals surface area contributed by atoms with Crippen molar-refractivity contribution in [2.45, 2.75) is 36.6 Å². The number of piperidine rings is 1. The highest BCUT2D eigenvalue weighted by molar-refractivity contribution is 7.89. The smallest absolute Gasteiger partial charge is 0.243 e. The lowest BCUT2D eigenvalue weighted by molar-refractivity contribution is -0.122. The number of benzene rings is 1. The number of nitrogens with zero attached hydrogens (tertiary/aromatic N) is 2. The van der Waals surface area contributed by atoms with Crippen molar-refractivity contribution >= 4 is 15.9 Å². The Labute approximate surface area is 173 Å². The number of nitrogens with one attached hydrogen (secondary N) is 1. The van der Waals surface area contributed by atoms with E-state index in [9.17, 15) is 13.2 Å². The van der Waals surface area contributed by atoms with E-state index in [0.717, 1.165) is 31.5 Å². The number of hydrogen-bond acceptors (Lipinski definition) is 6. The molecule has 1 aromatic carbocycles. The monoisotopic (exact) mass is 425 g/mol. The average molecular weight is 426 g/mol. The molecule has 2 heterocycles. The van der Waals surface area contributed by atoms with Crippen molar-refractivity contribution in [3.05, 3.63) is 23.8 Å². The van der Waals surface area contributed by atoms with Crippen molar-refractivity contribution in [3.8, 4) is 5.75 Å². The van der Waals surface area contributed by atoms with Crippen LogP contribution in [0.2, 0.25) is 0 Å². The van der Waals surface area contributed by atoms with Crippen LogP contribution in [-0.4, -0.2) is 83.1 Å². The Balaban J connectivity index is 1.65. The Kier molecular flexibility index (Phi) is 7.50. The summed E-state index contributed by atoms with van der Waals surface area (Å²) in [5.41, 5.74) is 0.723. The van der Waals surface area contributed by atoms with E-state index >= 15 is 0 Å². The third-order valence-corrected chi connectivity index (χ3v) is 7.46. The number of rotatable bonds is 7. The molecule has 0 aromatic heterocycles. The SMILES string of the molecule is COc1ccc(S(=O)(=O)N2CCOCC2)cc1CCC(=O)NC1CCN(C)CC1. The summed E-state index contributed by atoms with van der Waals surface area (Å²) < 4.78 is 37.9. The first-order valence-electron chi connectivity index (χ1n) is 10.1. The van der Waals surface area contributed by atoms with E-state index in [0.29, 0.717) is 44.9 Å². The van der Waals surface area contributed by atoms with Gasteiger partial charge in [0.25, 0.3) is 0 Å². The fourth-order valence-corrected chi connectivity index (χ4v) is 5.21.